The normalized spacial score (nSPS) is 17.0. The average molecular weight is 348 g/mol. The summed E-state index contributed by atoms with van der Waals surface area (Å²) in [5, 5.41) is 2.69. The van der Waals surface area contributed by atoms with Crippen molar-refractivity contribution in [1.82, 2.24) is 10.2 Å². The number of carbonyl (C=O) groups is 3. The van der Waals surface area contributed by atoms with Crippen molar-refractivity contribution < 1.29 is 23.9 Å². The molecule has 1 aliphatic rings. The fourth-order valence-electron chi connectivity index (χ4n) is 2.62. The van der Waals surface area contributed by atoms with Gasteiger partial charge in [-0.25, -0.2) is 0 Å². The standard InChI is InChI=1S/C18H24N2O5/c1-3-11-25-14-7-5-13(6-8-14)18(23)20-10-9-19-17(22)15(20)12-16(21)24-4-2/h5-8,15H,3-4,9-12H2,1-2H3,(H,19,22). The quantitative estimate of drug-likeness (QED) is 0.752. The van der Waals surface area contributed by atoms with Gasteiger partial charge in [0, 0.05) is 18.7 Å². The van der Waals surface area contributed by atoms with E-state index in [-0.39, 0.29) is 24.8 Å². The van der Waals surface area contributed by atoms with E-state index in [0.717, 1.165) is 6.42 Å². The van der Waals surface area contributed by atoms with Gasteiger partial charge in [0.2, 0.25) is 5.91 Å². The van der Waals surface area contributed by atoms with Crippen LogP contribution in [0.5, 0.6) is 5.75 Å². The third kappa shape index (κ3) is 4.95. The lowest BCUT2D eigenvalue weighted by atomic mass is 10.1. The summed E-state index contributed by atoms with van der Waals surface area (Å²) in [6, 6.07) is 5.94. The Labute approximate surface area is 147 Å². The van der Waals surface area contributed by atoms with Crippen molar-refractivity contribution >= 4 is 17.8 Å². The predicted octanol–water partition coefficient (Wildman–Crippen LogP) is 1.37. The van der Waals surface area contributed by atoms with Gasteiger partial charge in [0.05, 0.1) is 19.6 Å². The van der Waals surface area contributed by atoms with Crippen LogP contribution >= 0.6 is 0 Å². The van der Waals surface area contributed by atoms with Crippen LogP contribution < -0.4 is 10.1 Å². The minimum absolute atomic E-state index is 0.150. The van der Waals surface area contributed by atoms with E-state index in [4.69, 9.17) is 9.47 Å². The number of rotatable bonds is 7. The molecule has 2 amide bonds. The Hall–Kier alpha value is -2.57. The highest BCUT2D eigenvalue weighted by molar-refractivity contribution is 5.99. The molecular formula is C18H24N2O5. The summed E-state index contributed by atoms with van der Waals surface area (Å²) in [6.45, 7) is 5.28. The first-order chi connectivity index (χ1) is 12.1. The molecule has 1 unspecified atom stereocenters. The summed E-state index contributed by atoms with van der Waals surface area (Å²) in [6.07, 6.45) is 0.752. The minimum atomic E-state index is -0.851. The van der Waals surface area contributed by atoms with Crippen molar-refractivity contribution in [2.24, 2.45) is 0 Å². The maximum atomic E-state index is 12.8. The summed E-state index contributed by atoms with van der Waals surface area (Å²) < 4.78 is 10.4. The second-order valence-electron chi connectivity index (χ2n) is 5.69. The minimum Gasteiger partial charge on any atom is -0.494 e. The van der Waals surface area contributed by atoms with Gasteiger partial charge in [-0.2, -0.15) is 0 Å². The maximum absolute atomic E-state index is 12.8. The van der Waals surface area contributed by atoms with Crippen LogP contribution in [-0.2, 0) is 14.3 Å². The second kappa shape index (κ2) is 9.05. The summed E-state index contributed by atoms with van der Waals surface area (Å²) in [5.41, 5.74) is 0.451. The Kier molecular flexibility index (Phi) is 6.80. The van der Waals surface area contributed by atoms with Gasteiger partial charge in [0.25, 0.3) is 5.91 Å². The van der Waals surface area contributed by atoms with Gasteiger partial charge in [-0.3, -0.25) is 14.4 Å². The molecule has 2 rings (SSSR count). The summed E-state index contributed by atoms with van der Waals surface area (Å²) in [5.74, 6) is -0.426. The Morgan fingerprint density at radius 2 is 1.96 bits per heavy atom. The number of ether oxygens (including phenoxy) is 2. The van der Waals surface area contributed by atoms with Crippen LogP contribution in [0.1, 0.15) is 37.0 Å². The maximum Gasteiger partial charge on any atom is 0.308 e. The number of hydrogen-bond donors (Lipinski definition) is 1. The molecule has 0 saturated carbocycles. The molecule has 0 aromatic heterocycles. The first-order valence-electron chi connectivity index (χ1n) is 8.54. The van der Waals surface area contributed by atoms with Crippen LogP contribution in [0, 0.1) is 0 Å². The number of benzene rings is 1. The number of hydrogen-bond acceptors (Lipinski definition) is 5. The van der Waals surface area contributed by atoms with Gasteiger partial charge in [-0.05, 0) is 37.6 Å². The molecule has 1 aromatic rings. The topological polar surface area (TPSA) is 84.9 Å². The molecule has 7 heteroatoms. The number of nitrogens with one attached hydrogen (secondary N) is 1. The average Bonchev–Trinajstić information content (AvgIpc) is 2.62. The van der Waals surface area contributed by atoms with E-state index >= 15 is 0 Å². The number of carbonyl (C=O) groups excluding carboxylic acids is 3. The van der Waals surface area contributed by atoms with E-state index in [1.54, 1.807) is 31.2 Å². The Balaban J connectivity index is 2.11. The van der Waals surface area contributed by atoms with Gasteiger partial charge >= 0.3 is 5.97 Å². The smallest absolute Gasteiger partial charge is 0.308 e. The van der Waals surface area contributed by atoms with Gasteiger partial charge in [-0.15, -0.1) is 0 Å². The molecule has 136 valence electrons. The second-order valence-corrected chi connectivity index (χ2v) is 5.69. The monoisotopic (exact) mass is 348 g/mol. The molecule has 7 nitrogen and oxygen atoms in total. The number of nitrogens with zero attached hydrogens (tertiary/aromatic N) is 1. The van der Waals surface area contributed by atoms with Crippen molar-refractivity contribution in [2.75, 3.05) is 26.3 Å². The van der Waals surface area contributed by atoms with Gasteiger partial charge in [0.15, 0.2) is 0 Å². The van der Waals surface area contributed by atoms with E-state index in [1.807, 2.05) is 6.92 Å². The molecule has 0 aliphatic carbocycles. The number of amides is 2. The predicted molar refractivity (Wildman–Crippen MR) is 91.3 cm³/mol. The molecule has 1 heterocycles. The van der Waals surface area contributed by atoms with Gasteiger partial charge in [0.1, 0.15) is 11.8 Å². The zero-order chi connectivity index (χ0) is 18.2. The highest BCUT2D eigenvalue weighted by Crippen LogP contribution is 2.18. The molecule has 1 N–H and O–H groups in total. The van der Waals surface area contributed by atoms with E-state index < -0.39 is 12.0 Å². The fourth-order valence-corrected chi connectivity index (χ4v) is 2.62. The van der Waals surface area contributed by atoms with Crippen molar-refractivity contribution in [3.63, 3.8) is 0 Å². The van der Waals surface area contributed by atoms with Crippen LogP contribution in [0.4, 0.5) is 0 Å². The van der Waals surface area contributed by atoms with Crippen molar-refractivity contribution in [1.29, 1.82) is 0 Å². The third-order valence-corrected chi connectivity index (χ3v) is 3.83. The number of piperazine rings is 1. The van der Waals surface area contributed by atoms with Gasteiger partial charge < -0.3 is 19.7 Å². The molecule has 1 saturated heterocycles. The Morgan fingerprint density at radius 1 is 1.24 bits per heavy atom. The molecule has 1 atom stereocenters. The summed E-state index contributed by atoms with van der Waals surface area (Å²) in [7, 11) is 0. The van der Waals surface area contributed by atoms with E-state index in [0.29, 0.717) is 31.0 Å². The molecule has 1 aromatic carbocycles. The SMILES string of the molecule is CCCOc1ccc(C(=O)N2CCNC(=O)C2CC(=O)OCC)cc1. The zero-order valence-electron chi connectivity index (χ0n) is 14.6. The lowest BCUT2D eigenvalue weighted by Crippen LogP contribution is -2.57. The Morgan fingerprint density at radius 3 is 2.60 bits per heavy atom. The lowest BCUT2D eigenvalue weighted by Gasteiger charge is -2.34. The summed E-state index contributed by atoms with van der Waals surface area (Å²) >= 11 is 0. The van der Waals surface area contributed by atoms with E-state index in [2.05, 4.69) is 5.32 Å². The van der Waals surface area contributed by atoms with Crippen LogP contribution in [0.3, 0.4) is 0 Å². The van der Waals surface area contributed by atoms with Crippen LogP contribution in [0.2, 0.25) is 0 Å². The van der Waals surface area contributed by atoms with Gasteiger partial charge in [-0.1, -0.05) is 6.92 Å². The zero-order valence-corrected chi connectivity index (χ0v) is 14.6. The highest BCUT2D eigenvalue weighted by Gasteiger charge is 2.35. The molecular weight excluding hydrogens is 324 g/mol. The largest absolute Gasteiger partial charge is 0.494 e. The van der Waals surface area contributed by atoms with E-state index in [9.17, 15) is 14.4 Å². The van der Waals surface area contributed by atoms with Crippen LogP contribution in [0.15, 0.2) is 24.3 Å². The third-order valence-electron chi connectivity index (χ3n) is 3.83. The van der Waals surface area contributed by atoms with Crippen molar-refractivity contribution in [2.45, 2.75) is 32.7 Å². The van der Waals surface area contributed by atoms with Crippen molar-refractivity contribution in [3.8, 4) is 5.75 Å². The lowest BCUT2D eigenvalue weighted by molar-refractivity contribution is -0.147. The molecule has 0 spiro atoms. The van der Waals surface area contributed by atoms with Crippen LogP contribution in [-0.4, -0.2) is 55.0 Å². The fraction of sp³-hybridized carbons (Fsp3) is 0.500. The van der Waals surface area contributed by atoms with Crippen LogP contribution in [0.25, 0.3) is 0 Å². The van der Waals surface area contributed by atoms with E-state index in [1.165, 1.54) is 4.90 Å². The van der Waals surface area contributed by atoms with Crippen molar-refractivity contribution in [3.05, 3.63) is 29.8 Å². The number of esters is 1. The molecule has 25 heavy (non-hydrogen) atoms. The summed E-state index contributed by atoms with van der Waals surface area (Å²) in [4.78, 5) is 38.1. The highest BCUT2D eigenvalue weighted by atomic mass is 16.5. The molecule has 1 aliphatic heterocycles. The Bertz CT molecular complexity index is 614. The first-order valence-corrected chi connectivity index (χ1v) is 8.54. The first kappa shape index (κ1) is 18.8. The molecule has 0 bridgehead atoms. The molecule has 0 radical (unpaired) electrons. The molecule has 1 fully saturated rings.